The summed E-state index contributed by atoms with van der Waals surface area (Å²) in [4.78, 5) is 13.2. The van der Waals surface area contributed by atoms with Crippen molar-refractivity contribution in [1.29, 1.82) is 0 Å². The van der Waals surface area contributed by atoms with Crippen LogP contribution in [0.1, 0.15) is 13.3 Å². The van der Waals surface area contributed by atoms with Crippen molar-refractivity contribution in [3.05, 3.63) is 11.6 Å². The summed E-state index contributed by atoms with van der Waals surface area (Å²) in [5.41, 5.74) is 0. The summed E-state index contributed by atoms with van der Waals surface area (Å²) in [6.07, 6.45) is 1.09. The molecule has 3 nitrogen and oxygen atoms in total. The van der Waals surface area contributed by atoms with E-state index in [4.69, 9.17) is 11.6 Å². The molecule has 0 radical (unpaired) electrons. The van der Waals surface area contributed by atoms with Gasteiger partial charge in [-0.05, 0) is 12.3 Å². The maximum Gasteiger partial charge on any atom is 0.317 e. The van der Waals surface area contributed by atoms with Crippen LogP contribution in [0.2, 0.25) is 0 Å². The van der Waals surface area contributed by atoms with Crippen LogP contribution in [0.25, 0.3) is 0 Å². The highest BCUT2D eigenvalue weighted by molar-refractivity contribution is 6.29. The molecule has 1 unspecified atom stereocenters. The lowest BCUT2D eigenvalue weighted by Crippen LogP contribution is -2.38. The van der Waals surface area contributed by atoms with Gasteiger partial charge in [0.15, 0.2) is 0 Å². The van der Waals surface area contributed by atoms with Crippen molar-refractivity contribution in [3.63, 3.8) is 0 Å². The molecule has 0 bridgehead atoms. The molecule has 1 fully saturated rings. The number of carbonyl (C=O) groups is 1. The number of hydrogen-bond acceptors (Lipinski definition) is 1. The van der Waals surface area contributed by atoms with E-state index < -0.39 is 0 Å². The average molecular weight is 203 g/mol. The summed E-state index contributed by atoms with van der Waals surface area (Å²) in [6.45, 7) is 7.70. The molecular formula is C9H15ClN2O. The van der Waals surface area contributed by atoms with Gasteiger partial charge >= 0.3 is 6.03 Å². The molecule has 0 saturated carbocycles. The van der Waals surface area contributed by atoms with E-state index >= 15 is 0 Å². The quantitative estimate of drug-likeness (QED) is 0.728. The van der Waals surface area contributed by atoms with E-state index in [-0.39, 0.29) is 6.03 Å². The molecular weight excluding hydrogens is 188 g/mol. The smallest absolute Gasteiger partial charge is 0.317 e. The van der Waals surface area contributed by atoms with Crippen molar-refractivity contribution < 1.29 is 4.79 Å². The predicted molar refractivity (Wildman–Crippen MR) is 53.7 cm³/mol. The molecule has 1 heterocycles. The van der Waals surface area contributed by atoms with Crippen LogP contribution >= 0.6 is 11.6 Å². The van der Waals surface area contributed by atoms with Crippen molar-refractivity contribution in [2.24, 2.45) is 5.92 Å². The standard InChI is InChI=1S/C9H15ClN2O/c1-7-3-4-12(6-7)9(13)11-5-8(2)10/h7H,2-6H2,1H3,(H,11,13). The Hall–Kier alpha value is -0.700. The second-order valence-electron chi connectivity index (χ2n) is 3.52. The third-order valence-electron chi connectivity index (χ3n) is 2.14. The molecule has 2 amide bonds. The summed E-state index contributed by atoms with van der Waals surface area (Å²) >= 11 is 5.53. The monoisotopic (exact) mass is 202 g/mol. The van der Waals surface area contributed by atoms with Crippen molar-refractivity contribution >= 4 is 17.6 Å². The van der Waals surface area contributed by atoms with E-state index in [1.165, 1.54) is 0 Å². The highest BCUT2D eigenvalue weighted by Gasteiger charge is 2.22. The first-order valence-corrected chi connectivity index (χ1v) is 4.83. The van der Waals surface area contributed by atoms with Crippen LogP contribution in [0.5, 0.6) is 0 Å². The van der Waals surface area contributed by atoms with Gasteiger partial charge in [0.1, 0.15) is 0 Å². The minimum absolute atomic E-state index is 0.0360. The number of amides is 2. The molecule has 1 atom stereocenters. The van der Waals surface area contributed by atoms with E-state index in [9.17, 15) is 4.79 Å². The topological polar surface area (TPSA) is 32.3 Å². The maximum absolute atomic E-state index is 11.4. The van der Waals surface area contributed by atoms with E-state index in [2.05, 4.69) is 18.8 Å². The Kier molecular flexibility index (Phi) is 3.60. The summed E-state index contributed by atoms with van der Waals surface area (Å²) in [5.74, 6) is 0.616. The summed E-state index contributed by atoms with van der Waals surface area (Å²) < 4.78 is 0. The fourth-order valence-corrected chi connectivity index (χ4v) is 1.47. The zero-order valence-electron chi connectivity index (χ0n) is 7.85. The van der Waals surface area contributed by atoms with Gasteiger partial charge in [-0.1, -0.05) is 25.1 Å². The molecule has 0 aliphatic carbocycles. The first kappa shape index (κ1) is 10.4. The van der Waals surface area contributed by atoms with Crippen LogP contribution in [0, 0.1) is 5.92 Å². The molecule has 1 saturated heterocycles. The van der Waals surface area contributed by atoms with Gasteiger partial charge < -0.3 is 10.2 Å². The van der Waals surface area contributed by atoms with Gasteiger partial charge in [0.2, 0.25) is 0 Å². The minimum Gasteiger partial charge on any atom is -0.333 e. The molecule has 74 valence electrons. The van der Waals surface area contributed by atoms with Crippen LogP contribution in [-0.4, -0.2) is 30.6 Å². The fourth-order valence-electron chi connectivity index (χ4n) is 1.40. The van der Waals surface area contributed by atoms with Gasteiger partial charge in [-0.2, -0.15) is 0 Å². The van der Waals surface area contributed by atoms with Gasteiger partial charge in [0.05, 0.1) is 6.54 Å². The number of carbonyl (C=O) groups excluding carboxylic acids is 1. The molecule has 1 aliphatic rings. The lowest BCUT2D eigenvalue weighted by molar-refractivity contribution is 0.208. The van der Waals surface area contributed by atoms with Gasteiger partial charge in [-0.25, -0.2) is 4.79 Å². The SMILES string of the molecule is C=C(Cl)CNC(=O)N1CCC(C)C1. The third kappa shape index (κ3) is 3.27. The number of nitrogens with one attached hydrogen (secondary N) is 1. The van der Waals surface area contributed by atoms with Crippen LogP contribution in [-0.2, 0) is 0 Å². The second kappa shape index (κ2) is 4.51. The zero-order chi connectivity index (χ0) is 9.84. The largest absolute Gasteiger partial charge is 0.333 e. The Morgan fingerprint density at radius 3 is 2.92 bits per heavy atom. The number of halogens is 1. The Morgan fingerprint density at radius 2 is 2.46 bits per heavy atom. The van der Waals surface area contributed by atoms with Crippen molar-refractivity contribution in [1.82, 2.24) is 10.2 Å². The molecule has 1 rings (SSSR count). The molecule has 0 aromatic rings. The molecule has 1 N–H and O–H groups in total. The summed E-state index contributed by atoms with van der Waals surface area (Å²) in [5, 5.41) is 3.16. The zero-order valence-corrected chi connectivity index (χ0v) is 8.60. The lowest BCUT2D eigenvalue weighted by atomic mass is 10.2. The number of urea groups is 1. The number of rotatable bonds is 2. The van der Waals surface area contributed by atoms with Gasteiger partial charge in [-0.15, -0.1) is 0 Å². The van der Waals surface area contributed by atoms with Crippen LogP contribution < -0.4 is 5.32 Å². The Labute approximate surface area is 83.7 Å². The van der Waals surface area contributed by atoms with Crippen molar-refractivity contribution in [2.45, 2.75) is 13.3 Å². The molecule has 4 heteroatoms. The van der Waals surface area contributed by atoms with E-state index in [0.717, 1.165) is 19.5 Å². The van der Waals surface area contributed by atoms with Gasteiger partial charge in [0.25, 0.3) is 0 Å². The number of nitrogens with zero attached hydrogens (tertiary/aromatic N) is 1. The van der Waals surface area contributed by atoms with Crippen molar-refractivity contribution in [3.8, 4) is 0 Å². The van der Waals surface area contributed by atoms with Crippen LogP contribution in [0.4, 0.5) is 4.79 Å². The fraction of sp³-hybridized carbons (Fsp3) is 0.667. The highest BCUT2D eigenvalue weighted by Crippen LogP contribution is 2.14. The first-order valence-electron chi connectivity index (χ1n) is 4.45. The summed E-state index contributed by atoms with van der Waals surface area (Å²) in [7, 11) is 0. The Bertz CT molecular complexity index is 218. The van der Waals surface area contributed by atoms with Gasteiger partial charge in [-0.3, -0.25) is 0 Å². The molecule has 0 aromatic heterocycles. The molecule has 0 aromatic carbocycles. The highest BCUT2D eigenvalue weighted by atomic mass is 35.5. The van der Waals surface area contributed by atoms with Crippen LogP contribution in [0.3, 0.4) is 0 Å². The van der Waals surface area contributed by atoms with E-state index in [1.54, 1.807) is 0 Å². The lowest BCUT2D eigenvalue weighted by Gasteiger charge is -2.16. The predicted octanol–water partition coefficient (Wildman–Crippen LogP) is 1.79. The number of hydrogen-bond donors (Lipinski definition) is 1. The molecule has 1 aliphatic heterocycles. The van der Waals surface area contributed by atoms with E-state index in [0.29, 0.717) is 17.5 Å². The summed E-state index contributed by atoms with van der Waals surface area (Å²) in [6, 6.07) is -0.0360. The second-order valence-corrected chi connectivity index (χ2v) is 4.05. The van der Waals surface area contributed by atoms with Gasteiger partial charge in [0, 0.05) is 18.1 Å². The first-order chi connectivity index (χ1) is 6.09. The maximum atomic E-state index is 11.4. The molecule has 0 spiro atoms. The minimum atomic E-state index is -0.0360. The Morgan fingerprint density at radius 1 is 1.77 bits per heavy atom. The average Bonchev–Trinajstić information content (AvgIpc) is 2.47. The third-order valence-corrected chi connectivity index (χ3v) is 2.28. The Balaban J connectivity index is 2.27. The number of likely N-dealkylation sites (tertiary alicyclic amines) is 1. The normalized spacial score (nSPS) is 21.7. The van der Waals surface area contributed by atoms with E-state index in [1.807, 2.05) is 4.90 Å². The molecule has 13 heavy (non-hydrogen) atoms. The van der Waals surface area contributed by atoms with Crippen LogP contribution in [0.15, 0.2) is 11.6 Å². The van der Waals surface area contributed by atoms with Crippen molar-refractivity contribution in [2.75, 3.05) is 19.6 Å².